The molecular weight excluding hydrogens is 219 g/mol. The summed E-state index contributed by atoms with van der Waals surface area (Å²) in [6.07, 6.45) is -4.46. The van der Waals surface area contributed by atoms with E-state index in [1.165, 1.54) is 0 Å². The van der Waals surface area contributed by atoms with Gasteiger partial charge in [0, 0.05) is 6.04 Å². The molecule has 0 aliphatic heterocycles. The highest BCUT2D eigenvalue weighted by Crippen LogP contribution is 2.33. The lowest BCUT2D eigenvalue weighted by molar-refractivity contribution is -0.138. The van der Waals surface area contributed by atoms with Gasteiger partial charge in [0.1, 0.15) is 0 Å². The smallest absolute Gasteiger partial charge is 0.394 e. The molecule has 2 N–H and O–H groups in total. The maximum Gasteiger partial charge on any atom is 0.445 e. The van der Waals surface area contributed by atoms with Crippen LogP contribution >= 0.6 is 11.3 Å². The van der Waals surface area contributed by atoms with E-state index in [0.717, 1.165) is 0 Å². The van der Waals surface area contributed by atoms with E-state index in [2.05, 4.69) is 15.5 Å². The number of hydrogen-bond donors (Lipinski definition) is 2. The largest absolute Gasteiger partial charge is 0.445 e. The van der Waals surface area contributed by atoms with Crippen molar-refractivity contribution in [2.75, 3.05) is 11.9 Å². The van der Waals surface area contributed by atoms with E-state index in [9.17, 15) is 13.2 Å². The lowest BCUT2D eigenvalue weighted by atomic mass is 10.4. The summed E-state index contributed by atoms with van der Waals surface area (Å²) < 4.78 is 36.2. The molecule has 1 aromatic heterocycles. The average Bonchev–Trinajstić information content (AvgIpc) is 2.51. The van der Waals surface area contributed by atoms with E-state index in [0.29, 0.717) is 11.3 Å². The lowest BCUT2D eigenvalue weighted by Gasteiger charge is -2.07. The molecule has 8 heteroatoms. The van der Waals surface area contributed by atoms with Crippen LogP contribution in [-0.2, 0) is 6.18 Å². The van der Waals surface area contributed by atoms with Gasteiger partial charge in [0.05, 0.1) is 6.61 Å². The molecule has 0 amide bonds. The number of aliphatic hydroxyl groups is 1. The fourth-order valence-electron chi connectivity index (χ4n) is 0.653. The Hall–Kier alpha value is -0.890. The molecule has 1 heterocycles. The molecule has 1 atom stereocenters. The Kier molecular flexibility index (Phi) is 3.27. The molecule has 1 rings (SSSR count). The zero-order valence-corrected chi connectivity index (χ0v) is 7.98. The summed E-state index contributed by atoms with van der Waals surface area (Å²) in [5.74, 6) is 0. The number of halogens is 3. The molecule has 0 fully saturated rings. The molecule has 0 saturated carbocycles. The normalized spacial score (nSPS) is 14.1. The first-order valence-corrected chi connectivity index (χ1v) is 4.53. The van der Waals surface area contributed by atoms with E-state index in [1.807, 2.05) is 0 Å². The first-order chi connectivity index (χ1) is 6.43. The molecule has 0 radical (unpaired) electrons. The first-order valence-electron chi connectivity index (χ1n) is 3.71. The number of nitrogens with one attached hydrogen (secondary N) is 1. The zero-order chi connectivity index (χ0) is 10.8. The van der Waals surface area contributed by atoms with Crippen LogP contribution in [0.5, 0.6) is 0 Å². The fraction of sp³-hybridized carbons (Fsp3) is 0.667. The first kappa shape index (κ1) is 11.2. The van der Waals surface area contributed by atoms with Crippen LogP contribution in [-0.4, -0.2) is 28.0 Å². The van der Waals surface area contributed by atoms with E-state index in [1.54, 1.807) is 6.92 Å². The zero-order valence-electron chi connectivity index (χ0n) is 7.17. The summed E-state index contributed by atoms with van der Waals surface area (Å²) in [7, 11) is 0. The molecule has 0 aliphatic carbocycles. The Morgan fingerprint density at radius 1 is 1.50 bits per heavy atom. The molecule has 14 heavy (non-hydrogen) atoms. The van der Waals surface area contributed by atoms with Crippen LogP contribution in [0.3, 0.4) is 0 Å². The maximum atomic E-state index is 12.1. The number of alkyl halides is 3. The monoisotopic (exact) mass is 227 g/mol. The highest BCUT2D eigenvalue weighted by Gasteiger charge is 2.35. The Morgan fingerprint density at radius 3 is 2.57 bits per heavy atom. The van der Waals surface area contributed by atoms with E-state index < -0.39 is 11.2 Å². The van der Waals surface area contributed by atoms with Gasteiger partial charge in [-0.3, -0.25) is 0 Å². The number of hydrogen-bond acceptors (Lipinski definition) is 5. The molecule has 80 valence electrons. The van der Waals surface area contributed by atoms with Crippen molar-refractivity contribution in [3.8, 4) is 0 Å². The standard InChI is InChI=1S/C6H8F3N3OS/c1-3(2-13)10-5-12-11-4(14-5)6(7,8)9/h3,13H,2H2,1H3,(H,10,12). The Balaban J connectivity index is 2.69. The minimum absolute atomic E-state index is 0.0545. The van der Waals surface area contributed by atoms with Crippen LogP contribution < -0.4 is 5.32 Å². The highest BCUT2D eigenvalue weighted by atomic mass is 32.1. The third-order valence-corrected chi connectivity index (χ3v) is 2.21. The van der Waals surface area contributed by atoms with E-state index in [4.69, 9.17) is 5.11 Å². The summed E-state index contributed by atoms with van der Waals surface area (Å²) in [6, 6.07) is -0.343. The summed E-state index contributed by atoms with van der Waals surface area (Å²) in [5.41, 5.74) is 0. The van der Waals surface area contributed by atoms with Gasteiger partial charge < -0.3 is 10.4 Å². The number of anilines is 1. The molecule has 0 saturated heterocycles. The summed E-state index contributed by atoms with van der Waals surface area (Å²) in [6.45, 7) is 1.44. The number of rotatable bonds is 3. The van der Waals surface area contributed by atoms with Gasteiger partial charge in [-0.15, -0.1) is 10.2 Å². The van der Waals surface area contributed by atoms with Gasteiger partial charge in [0.2, 0.25) is 10.1 Å². The van der Waals surface area contributed by atoms with Crippen molar-refractivity contribution in [2.45, 2.75) is 19.1 Å². The molecule has 4 nitrogen and oxygen atoms in total. The van der Waals surface area contributed by atoms with E-state index in [-0.39, 0.29) is 17.8 Å². The molecule has 1 unspecified atom stereocenters. The Labute approximate surface area is 81.8 Å². The van der Waals surface area contributed by atoms with Crippen LogP contribution in [0.15, 0.2) is 0 Å². The second-order valence-electron chi connectivity index (χ2n) is 2.64. The van der Waals surface area contributed by atoms with Crippen LogP contribution in [0.1, 0.15) is 11.9 Å². The van der Waals surface area contributed by atoms with Crippen LogP contribution in [0.2, 0.25) is 0 Å². The second-order valence-corrected chi connectivity index (χ2v) is 3.62. The van der Waals surface area contributed by atoms with Crippen molar-refractivity contribution in [3.63, 3.8) is 0 Å². The van der Waals surface area contributed by atoms with Crippen LogP contribution in [0.25, 0.3) is 0 Å². The number of aromatic nitrogens is 2. The van der Waals surface area contributed by atoms with Crippen molar-refractivity contribution in [1.82, 2.24) is 10.2 Å². The molecule has 0 aromatic carbocycles. The minimum atomic E-state index is -4.46. The van der Waals surface area contributed by atoms with Gasteiger partial charge in [-0.2, -0.15) is 13.2 Å². The number of nitrogens with zero attached hydrogens (tertiary/aromatic N) is 2. The van der Waals surface area contributed by atoms with Gasteiger partial charge in [-0.05, 0) is 6.92 Å². The number of aliphatic hydroxyl groups excluding tert-OH is 1. The predicted molar refractivity (Wildman–Crippen MR) is 45.1 cm³/mol. The van der Waals surface area contributed by atoms with Gasteiger partial charge in [-0.1, -0.05) is 11.3 Å². The predicted octanol–water partition coefficient (Wildman–Crippen LogP) is 1.35. The van der Waals surface area contributed by atoms with Crippen molar-refractivity contribution in [3.05, 3.63) is 5.01 Å². The van der Waals surface area contributed by atoms with Gasteiger partial charge >= 0.3 is 6.18 Å². The molecule has 0 aliphatic rings. The van der Waals surface area contributed by atoms with Crippen LogP contribution in [0, 0.1) is 0 Å². The fourth-order valence-corrected chi connectivity index (χ4v) is 1.37. The minimum Gasteiger partial charge on any atom is -0.394 e. The highest BCUT2D eigenvalue weighted by molar-refractivity contribution is 7.15. The van der Waals surface area contributed by atoms with Crippen molar-refractivity contribution in [2.24, 2.45) is 0 Å². The van der Waals surface area contributed by atoms with Crippen molar-refractivity contribution >= 4 is 16.5 Å². The summed E-state index contributed by atoms with van der Waals surface area (Å²) in [5, 5.41) is 16.5. The molecule has 0 bridgehead atoms. The molecule has 1 aromatic rings. The maximum absolute atomic E-state index is 12.1. The van der Waals surface area contributed by atoms with Crippen molar-refractivity contribution < 1.29 is 18.3 Å². The summed E-state index contributed by atoms with van der Waals surface area (Å²) >= 11 is 0.414. The van der Waals surface area contributed by atoms with Crippen molar-refractivity contribution in [1.29, 1.82) is 0 Å². The average molecular weight is 227 g/mol. The summed E-state index contributed by atoms with van der Waals surface area (Å²) in [4.78, 5) is 0. The Bertz CT molecular complexity index is 301. The second kappa shape index (κ2) is 4.09. The van der Waals surface area contributed by atoms with Gasteiger partial charge in [0.15, 0.2) is 0 Å². The quantitative estimate of drug-likeness (QED) is 0.818. The Morgan fingerprint density at radius 2 is 2.14 bits per heavy atom. The molecular formula is C6H8F3N3OS. The van der Waals surface area contributed by atoms with Gasteiger partial charge in [0.25, 0.3) is 0 Å². The van der Waals surface area contributed by atoms with Gasteiger partial charge in [-0.25, -0.2) is 0 Å². The lowest BCUT2D eigenvalue weighted by Crippen LogP contribution is -2.18. The van der Waals surface area contributed by atoms with Crippen LogP contribution in [0.4, 0.5) is 18.3 Å². The molecule has 0 spiro atoms. The third kappa shape index (κ3) is 2.81. The SMILES string of the molecule is CC(CO)Nc1nnc(C(F)(F)F)s1. The van der Waals surface area contributed by atoms with E-state index >= 15 is 0 Å². The third-order valence-electron chi connectivity index (χ3n) is 1.31. The topological polar surface area (TPSA) is 58.0 Å².